The molecule has 0 bridgehead atoms. The van der Waals surface area contributed by atoms with Crippen molar-refractivity contribution in [3.8, 4) is 0 Å². The maximum absolute atomic E-state index is 4.17. The highest BCUT2D eigenvalue weighted by molar-refractivity contribution is 5.78. The molecule has 3 rings (SSSR count). The molecule has 0 saturated carbocycles. The molecular weight excluding hydrogens is 308 g/mol. The number of aromatic amines is 1. The number of nitrogens with one attached hydrogen (secondary N) is 1. The molecule has 3 aromatic rings. The van der Waals surface area contributed by atoms with Crippen LogP contribution in [0.3, 0.4) is 0 Å². The van der Waals surface area contributed by atoms with Gasteiger partial charge in [-0.05, 0) is 41.2 Å². The molecule has 3 aromatic heterocycles. The smallest absolute Gasteiger partial charge is 0.155 e. The van der Waals surface area contributed by atoms with Crippen molar-refractivity contribution < 1.29 is 0 Å². The van der Waals surface area contributed by atoms with Crippen LogP contribution in [-0.4, -0.2) is 20.2 Å². The normalized spacial score (nSPS) is 9.52. The number of H-pyrrole nitrogens is 1. The molecule has 3 heterocycles. The van der Waals surface area contributed by atoms with E-state index < -0.39 is 0 Å². The first-order chi connectivity index (χ1) is 12.1. The molecule has 0 amide bonds. The van der Waals surface area contributed by atoms with Crippen LogP contribution in [0.4, 0.5) is 0 Å². The lowest BCUT2D eigenvalue weighted by Crippen LogP contribution is -1.88. The summed E-state index contributed by atoms with van der Waals surface area (Å²) in [7, 11) is 0. The second-order valence-corrected chi connectivity index (χ2v) is 5.62. The molecule has 0 radical (unpaired) electrons. The molecule has 0 aliphatic rings. The van der Waals surface area contributed by atoms with Gasteiger partial charge in [0.05, 0.1) is 6.20 Å². The minimum absolute atomic E-state index is 0.521. The molecule has 0 fully saturated rings. The van der Waals surface area contributed by atoms with E-state index in [1.54, 1.807) is 0 Å². The predicted molar refractivity (Wildman–Crippen MR) is 109 cm³/mol. The van der Waals surface area contributed by atoms with Gasteiger partial charge in [-0.3, -0.25) is 10.1 Å². The number of hydrogen-bond donors (Lipinski definition) is 1. The van der Waals surface area contributed by atoms with Crippen molar-refractivity contribution in [1.29, 1.82) is 0 Å². The second-order valence-electron chi connectivity index (χ2n) is 5.62. The van der Waals surface area contributed by atoms with Gasteiger partial charge in [-0.2, -0.15) is 5.10 Å². The van der Waals surface area contributed by atoms with Crippen LogP contribution < -0.4 is 0 Å². The third-order valence-corrected chi connectivity index (χ3v) is 3.38. The van der Waals surface area contributed by atoms with Gasteiger partial charge in [-0.25, -0.2) is 4.98 Å². The van der Waals surface area contributed by atoms with E-state index >= 15 is 0 Å². The van der Waals surface area contributed by atoms with Crippen LogP contribution in [0.5, 0.6) is 0 Å². The van der Waals surface area contributed by atoms with Crippen LogP contribution >= 0.6 is 0 Å². The zero-order chi connectivity index (χ0) is 19.2. The lowest BCUT2D eigenvalue weighted by atomic mass is 10.0. The molecule has 1 N–H and O–H groups in total. The molecule has 0 aromatic carbocycles. The summed E-state index contributed by atoms with van der Waals surface area (Å²) in [5.41, 5.74) is 3.53. The molecule has 0 spiro atoms. The monoisotopic (exact) mass is 342 g/mol. The summed E-state index contributed by atoms with van der Waals surface area (Å²) in [6.45, 7) is 16.7. The van der Waals surface area contributed by atoms with Gasteiger partial charge in [-0.1, -0.05) is 55.4 Å². The summed E-state index contributed by atoms with van der Waals surface area (Å²) >= 11 is 0. The SMILES string of the molecule is CC.CC.CC(C)c1ccnc2[nH]ncc12.CC(C)c1ccncc1. The van der Waals surface area contributed by atoms with Gasteiger partial charge in [0.2, 0.25) is 0 Å². The van der Waals surface area contributed by atoms with Crippen LogP contribution in [0.1, 0.15) is 78.4 Å². The summed E-state index contributed by atoms with van der Waals surface area (Å²) in [4.78, 5) is 8.09. The van der Waals surface area contributed by atoms with Crippen LogP contribution in [0.15, 0.2) is 43.0 Å². The van der Waals surface area contributed by atoms with Crippen molar-refractivity contribution >= 4 is 11.0 Å². The lowest BCUT2D eigenvalue weighted by molar-refractivity contribution is 0.863. The molecule has 0 aliphatic heterocycles. The molecule has 0 saturated heterocycles. The Morgan fingerprint density at radius 1 is 0.800 bits per heavy atom. The van der Waals surface area contributed by atoms with E-state index in [2.05, 4.69) is 47.9 Å². The molecule has 4 heteroatoms. The molecular formula is C21H34N4. The standard InChI is InChI=1S/C9H11N3.C8H11N.2C2H6/c1-6(2)7-3-4-10-9-8(7)5-11-12-9;1-7(2)8-3-5-9-6-4-8;2*1-2/h3-6H,1-2H3,(H,10,11,12);3-7H,1-2H3;2*1-2H3. The Morgan fingerprint density at radius 3 is 1.88 bits per heavy atom. The molecule has 25 heavy (non-hydrogen) atoms. The first kappa shape index (κ1) is 22.8. The van der Waals surface area contributed by atoms with Crippen LogP contribution in [0.25, 0.3) is 11.0 Å². The third kappa shape index (κ3) is 7.46. The van der Waals surface area contributed by atoms with E-state index in [9.17, 15) is 0 Å². The van der Waals surface area contributed by atoms with Gasteiger partial charge in [0.15, 0.2) is 5.65 Å². The van der Waals surface area contributed by atoms with E-state index in [4.69, 9.17) is 0 Å². The van der Waals surface area contributed by atoms with Crippen molar-refractivity contribution in [2.45, 2.75) is 67.2 Å². The summed E-state index contributed by atoms with van der Waals surface area (Å²) in [5, 5.41) is 7.94. The average Bonchev–Trinajstić information content (AvgIpc) is 3.15. The van der Waals surface area contributed by atoms with Gasteiger partial charge in [0, 0.05) is 24.0 Å². The zero-order valence-electron chi connectivity index (χ0n) is 17.0. The largest absolute Gasteiger partial charge is 0.265 e. The van der Waals surface area contributed by atoms with E-state index in [0.29, 0.717) is 11.8 Å². The lowest BCUT2D eigenvalue weighted by Gasteiger charge is -2.04. The second kappa shape index (κ2) is 13.1. The number of rotatable bonds is 2. The topological polar surface area (TPSA) is 54.5 Å². The Kier molecular flexibility index (Phi) is 11.9. The number of fused-ring (bicyclic) bond motifs is 1. The highest BCUT2D eigenvalue weighted by Gasteiger charge is 2.05. The fourth-order valence-electron chi connectivity index (χ4n) is 2.12. The quantitative estimate of drug-likeness (QED) is 0.591. The third-order valence-electron chi connectivity index (χ3n) is 3.38. The van der Waals surface area contributed by atoms with Gasteiger partial charge in [0.25, 0.3) is 0 Å². The predicted octanol–water partition coefficient (Wildman–Crippen LogP) is 6.34. The Labute approximate surface area is 153 Å². The van der Waals surface area contributed by atoms with Crippen molar-refractivity contribution in [1.82, 2.24) is 20.2 Å². The Balaban J connectivity index is 0.000000396. The molecule has 0 unspecified atom stereocenters. The van der Waals surface area contributed by atoms with Crippen molar-refractivity contribution in [2.75, 3.05) is 0 Å². The average molecular weight is 343 g/mol. The van der Waals surface area contributed by atoms with Crippen LogP contribution in [0, 0.1) is 0 Å². The molecule has 138 valence electrons. The minimum Gasteiger partial charge on any atom is -0.265 e. The molecule has 0 atom stereocenters. The summed E-state index contributed by atoms with van der Waals surface area (Å²) in [6.07, 6.45) is 7.30. The van der Waals surface area contributed by atoms with Crippen LogP contribution in [0.2, 0.25) is 0 Å². The Bertz CT molecular complexity index is 672. The van der Waals surface area contributed by atoms with Gasteiger partial charge >= 0.3 is 0 Å². The van der Waals surface area contributed by atoms with Crippen LogP contribution in [-0.2, 0) is 0 Å². The van der Waals surface area contributed by atoms with E-state index in [1.165, 1.54) is 11.1 Å². The first-order valence-electron chi connectivity index (χ1n) is 9.27. The highest BCUT2D eigenvalue weighted by Crippen LogP contribution is 2.21. The van der Waals surface area contributed by atoms with E-state index in [1.807, 2.05) is 70.7 Å². The van der Waals surface area contributed by atoms with E-state index in [0.717, 1.165) is 11.0 Å². The Hall–Kier alpha value is -2.23. The van der Waals surface area contributed by atoms with E-state index in [-0.39, 0.29) is 0 Å². The Morgan fingerprint density at radius 2 is 1.40 bits per heavy atom. The molecule has 4 nitrogen and oxygen atoms in total. The fraction of sp³-hybridized carbons (Fsp3) is 0.476. The van der Waals surface area contributed by atoms with Gasteiger partial charge < -0.3 is 0 Å². The maximum Gasteiger partial charge on any atom is 0.155 e. The number of aromatic nitrogens is 4. The van der Waals surface area contributed by atoms with Crippen molar-refractivity contribution in [2.24, 2.45) is 0 Å². The zero-order valence-corrected chi connectivity index (χ0v) is 17.0. The minimum atomic E-state index is 0.521. The van der Waals surface area contributed by atoms with Gasteiger partial charge in [0.1, 0.15) is 0 Å². The molecule has 0 aliphatic carbocycles. The number of pyridine rings is 2. The van der Waals surface area contributed by atoms with Crippen molar-refractivity contribution in [3.05, 3.63) is 54.1 Å². The van der Waals surface area contributed by atoms with Crippen molar-refractivity contribution in [3.63, 3.8) is 0 Å². The first-order valence-corrected chi connectivity index (χ1v) is 9.27. The van der Waals surface area contributed by atoms with Gasteiger partial charge in [-0.15, -0.1) is 0 Å². The summed E-state index contributed by atoms with van der Waals surface area (Å²) < 4.78 is 0. The maximum atomic E-state index is 4.17. The summed E-state index contributed by atoms with van der Waals surface area (Å²) in [5.74, 6) is 1.14. The highest BCUT2D eigenvalue weighted by atomic mass is 15.1. The number of nitrogens with zero attached hydrogens (tertiary/aromatic N) is 3. The fourth-order valence-corrected chi connectivity index (χ4v) is 2.12. The number of hydrogen-bond acceptors (Lipinski definition) is 3. The summed E-state index contributed by atoms with van der Waals surface area (Å²) in [6, 6.07) is 6.14.